The zero-order valence-electron chi connectivity index (χ0n) is 18.4. The van der Waals surface area contributed by atoms with Gasteiger partial charge in [0.2, 0.25) is 5.91 Å². The van der Waals surface area contributed by atoms with E-state index in [1.165, 1.54) is 17.7 Å². The number of methoxy groups -OCH3 is 1. The van der Waals surface area contributed by atoms with Gasteiger partial charge in [0.05, 0.1) is 17.9 Å². The SMILES string of the molecule is COC(=O)[C@@H]1CCCN1C(=O)Cc1ccc(N2CCC(NCc3ccc(Cl)s3)CC2)cc1. The summed E-state index contributed by atoms with van der Waals surface area (Å²) in [6, 6.07) is 12.4. The first-order chi connectivity index (χ1) is 15.5. The van der Waals surface area contributed by atoms with Crippen molar-refractivity contribution in [2.75, 3.05) is 31.6 Å². The third-order valence-corrected chi connectivity index (χ3v) is 7.62. The molecule has 0 bridgehead atoms. The molecule has 2 saturated heterocycles. The number of esters is 1. The molecule has 3 heterocycles. The standard InChI is InChI=1S/C24H30ClN3O3S/c1-31-24(30)21-3-2-12-28(21)23(29)15-17-4-6-19(7-5-17)27-13-10-18(11-14-27)26-16-20-8-9-22(25)32-20/h4-9,18,21,26H,2-3,10-16H2,1H3/t21-/m0/s1. The molecule has 0 spiro atoms. The van der Waals surface area contributed by atoms with Crippen LogP contribution in [0.15, 0.2) is 36.4 Å². The Morgan fingerprint density at radius 3 is 2.50 bits per heavy atom. The predicted octanol–water partition coefficient (Wildman–Crippen LogP) is 3.87. The summed E-state index contributed by atoms with van der Waals surface area (Å²) in [5.74, 6) is -0.326. The largest absolute Gasteiger partial charge is 0.467 e. The Morgan fingerprint density at radius 2 is 1.84 bits per heavy atom. The Hall–Kier alpha value is -2.09. The molecule has 0 aliphatic carbocycles. The van der Waals surface area contributed by atoms with Crippen LogP contribution in [0, 0.1) is 0 Å². The van der Waals surface area contributed by atoms with E-state index in [2.05, 4.69) is 28.4 Å². The van der Waals surface area contributed by atoms with Gasteiger partial charge >= 0.3 is 5.97 Å². The Kier molecular flexibility index (Phi) is 7.71. The maximum atomic E-state index is 12.7. The molecule has 8 heteroatoms. The quantitative estimate of drug-likeness (QED) is 0.616. The molecule has 6 nitrogen and oxygen atoms in total. The number of nitrogens with one attached hydrogen (secondary N) is 1. The number of carbonyl (C=O) groups is 2. The highest BCUT2D eigenvalue weighted by atomic mass is 35.5. The third kappa shape index (κ3) is 5.63. The van der Waals surface area contributed by atoms with Crippen molar-refractivity contribution in [2.45, 2.75) is 50.7 Å². The maximum absolute atomic E-state index is 12.7. The first kappa shape index (κ1) is 23.1. The summed E-state index contributed by atoms with van der Waals surface area (Å²) in [6.45, 7) is 3.52. The van der Waals surface area contributed by atoms with Crippen molar-refractivity contribution in [1.82, 2.24) is 10.2 Å². The van der Waals surface area contributed by atoms with E-state index in [9.17, 15) is 9.59 Å². The first-order valence-corrected chi connectivity index (χ1v) is 12.4. The number of ether oxygens (including phenoxy) is 1. The van der Waals surface area contributed by atoms with Crippen LogP contribution >= 0.6 is 22.9 Å². The molecule has 32 heavy (non-hydrogen) atoms. The second-order valence-electron chi connectivity index (χ2n) is 8.46. The number of hydrogen-bond donors (Lipinski definition) is 1. The molecule has 1 atom stereocenters. The van der Waals surface area contributed by atoms with Crippen LogP contribution in [0.4, 0.5) is 5.69 Å². The molecule has 0 saturated carbocycles. The zero-order valence-corrected chi connectivity index (χ0v) is 20.0. The maximum Gasteiger partial charge on any atom is 0.328 e. The van der Waals surface area contributed by atoms with Gasteiger partial charge < -0.3 is 19.9 Å². The number of benzene rings is 1. The van der Waals surface area contributed by atoms with E-state index in [1.54, 1.807) is 16.2 Å². The average molecular weight is 476 g/mol. The van der Waals surface area contributed by atoms with Gasteiger partial charge in [-0.2, -0.15) is 0 Å². The van der Waals surface area contributed by atoms with Gasteiger partial charge in [0.1, 0.15) is 6.04 Å². The fourth-order valence-electron chi connectivity index (χ4n) is 4.58. The van der Waals surface area contributed by atoms with Crippen LogP contribution in [0.5, 0.6) is 0 Å². The summed E-state index contributed by atoms with van der Waals surface area (Å²) < 4.78 is 5.68. The van der Waals surface area contributed by atoms with Crippen molar-refractivity contribution < 1.29 is 14.3 Å². The van der Waals surface area contributed by atoms with Crippen LogP contribution in [0.1, 0.15) is 36.1 Å². The average Bonchev–Trinajstić information content (AvgIpc) is 3.47. The van der Waals surface area contributed by atoms with E-state index in [4.69, 9.17) is 16.3 Å². The number of piperidine rings is 1. The lowest BCUT2D eigenvalue weighted by molar-refractivity contribution is -0.150. The van der Waals surface area contributed by atoms with E-state index in [1.807, 2.05) is 18.2 Å². The Morgan fingerprint density at radius 1 is 1.09 bits per heavy atom. The second-order valence-corrected chi connectivity index (χ2v) is 10.3. The lowest BCUT2D eigenvalue weighted by atomic mass is 10.0. The minimum absolute atomic E-state index is 0.00966. The number of hydrogen-bond acceptors (Lipinski definition) is 6. The minimum Gasteiger partial charge on any atom is -0.467 e. The molecule has 2 aliphatic heterocycles. The zero-order chi connectivity index (χ0) is 22.5. The third-order valence-electron chi connectivity index (χ3n) is 6.39. The summed E-state index contributed by atoms with van der Waals surface area (Å²) in [4.78, 5) is 30.0. The van der Waals surface area contributed by atoms with E-state index in [0.29, 0.717) is 25.4 Å². The van der Waals surface area contributed by atoms with Gasteiger partial charge in [0.15, 0.2) is 0 Å². The highest BCUT2D eigenvalue weighted by molar-refractivity contribution is 7.16. The summed E-state index contributed by atoms with van der Waals surface area (Å²) in [5.41, 5.74) is 2.17. The molecule has 1 aromatic heterocycles. The van der Waals surface area contributed by atoms with Gasteiger partial charge in [0, 0.05) is 42.8 Å². The molecule has 2 fully saturated rings. The smallest absolute Gasteiger partial charge is 0.328 e. The molecule has 4 rings (SSSR count). The number of amides is 1. The van der Waals surface area contributed by atoms with E-state index in [-0.39, 0.29) is 11.9 Å². The highest BCUT2D eigenvalue weighted by Gasteiger charge is 2.34. The molecular weight excluding hydrogens is 446 g/mol. The molecule has 2 aliphatic rings. The van der Waals surface area contributed by atoms with Gasteiger partial charge in [-0.15, -0.1) is 11.3 Å². The van der Waals surface area contributed by atoms with Crippen molar-refractivity contribution >= 4 is 40.5 Å². The Labute approximate surface area is 198 Å². The van der Waals surface area contributed by atoms with Crippen LogP contribution < -0.4 is 10.2 Å². The van der Waals surface area contributed by atoms with Crippen molar-refractivity contribution in [3.05, 3.63) is 51.2 Å². The molecule has 1 aromatic carbocycles. The molecule has 0 unspecified atom stereocenters. The predicted molar refractivity (Wildman–Crippen MR) is 128 cm³/mol. The molecule has 2 aromatic rings. The summed E-state index contributed by atoms with van der Waals surface area (Å²) >= 11 is 7.64. The van der Waals surface area contributed by atoms with Crippen LogP contribution in [0.3, 0.4) is 0 Å². The lowest BCUT2D eigenvalue weighted by Crippen LogP contribution is -2.42. The van der Waals surface area contributed by atoms with Gasteiger partial charge in [-0.25, -0.2) is 4.79 Å². The minimum atomic E-state index is -0.432. The molecule has 172 valence electrons. The van der Waals surface area contributed by atoms with Crippen LogP contribution in [-0.4, -0.2) is 55.6 Å². The summed E-state index contributed by atoms with van der Waals surface area (Å²) in [6.07, 6.45) is 4.04. The van der Waals surface area contributed by atoms with Crippen molar-refractivity contribution in [3.8, 4) is 0 Å². The fourth-order valence-corrected chi connectivity index (χ4v) is 5.62. The number of carbonyl (C=O) groups excluding carboxylic acids is 2. The van der Waals surface area contributed by atoms with Crippen molar-refractivity contribution in [3.63, 3.8) is 0 Å². The molecule has 1 N–H and O–H groups in total. The van der Waals surface area contributed by atoms with Crippen molar-refractivity contribution in [2.24, 2.45) is 0 Å². The summed E-state index contributed by atoms with van der Waals surface area (Å²) in [7, 11) is 1.38. The summed E-state index contributed by atoms with van der Waals surface area (Å²) in [5, 5.41) is 3.65. The molecule has 1 amide bonds. The number of likely N-dealkylation sites (tertiary alicyclic amines) is 1. The Balaban J connectivity index is 1.25. The molecule has 0 radical (unpaired) electrons. The number of rotatable bonds is 7. The van der Waals surface area contributed by atoms with Crippen LogP contribution in [0.25, 0.3) is 0 Å². The second kappa shape index (κ2) is 10.7. The topological polar surface area (TPSA) is 61.9 Å². The number of nitrogens with zero attached hydrogens (tertiary/aromatic N) is 2. The van der Waals surface area contributed by atoms with E-state index < -0.39 is 6.04 Å². The number of anilines is 1. The van der Waals surface area contributed by atoms with Gasteiger partial charge in [-0.05, 0) is 55.5 Å². The van der Waals surface area contributed by atoms with Crippen molar-refractivity contribution in [1.29, 1.82) is 0 Å². The highest BCUT2D eigenvalue weighted by Crippen LogP contribution is 2.24. The Bertz CT molecular complexity index is 925. The fraction of sp³-hybridized carbons (Fsp3) is 0.500. The van der Waals surface area contributed by atoms with E-state index in [0.717, 1.165) is 48.8 Å². The normalized spacial score (nSPS) is 19.4. The number of thiophene rings is 1. The van der Waals surface area contributed by atoms with Gasteiger partial charge in [-0.1, -0.05) is 23.7 Å². The van der Waals surface area contributed by atoms with Crippen LogP contribution in [0.2, 0.25) is 4.34 Å². The van der Waals surface area contributed by atoms with Gasteiger partial charge in [0.25, 0.3) is 0 Å². The first-order valence-electron chi connectivity index (χ1n) is 11.2. The van der Waals surface area contributed by atoms with Crippen LogP contribution in [-0.2, 0) is 27.3 Å². The monoisotopic (exact) mass is 475 g/mol. The van der Waals surface area contributed by atoms with E-state index >= 15 is 0 Å². The molecular formula is C24H30ClN3O3S. The number of halogens is 1. The van der Waals surface area contributed by atoms with Gasteiger partial charge in [-0.3, -0.25) is 4.79 Å². The lowest BCUT2D eigenvalue weighted by Gasteiger charge is -2.34.